The van der Waals surface area contributed by atoms with Gasteiger partial charge in [0.25, 0.3) is 0 Å². The third kappa shape index (κ3) is 3.63. The van der Waals surface area contributed by atoms with Gasteiger partial charge in [0.2, 0.25) is 0 Å². The topological polar surface area (TPSA) is 29.9 Å². The third-order valence-electron chi connectivity index (χ3n) is 3.36. The fourth-order valence-corrected chi connectivity index (χ4v) is 1.99. The van der Waals surface area contributed by atoms with Crippen molar-refractivity contribution in [2.75, 3.05) is 7.05 Å². The van der Waals surface area contributed by atoms with E-state index in [1.807, 2.05) is 13.2 Å². The van der Waals surface area contributed by atoms with E-state index in [0.29, 0.717) is 6.04 Å². The molecule has 0 bridgehead atoms. The number of hydrogen-bond acceptors (Lipinski definition) is 2. The Morgan fingerprint density at radius 1 is 1.44 bits per heavy atom. The van der Waals surface area contributed by atoms with Crippen molar-refractivity contribution in [3.8, 4) is 0 Å². The maximum Gasteiger partial charge on any atom is 0.110 e. The van der Waals surface area contributed by atoms with Crippen LogP contribution in [-0.4, -0.2) is 22.6 Å². The van der Waals surface area contributed by atoms with Crippen molar-refractivity contribution in [3.05, 3.63) is 18.2 Å². The molecule has 1 N–H and O–H groups in total. The molecule has 92 valence electrons. The molecule has 0 saturated heterocycles. The summed E-state index contributed by atoms with van der Waals surface area (Å²) in [4.78, 5) is 4.43. The van der Waals surface area contributed by atoms with Crippen LogP contribution in [0.25, 0.3) is 0 Å². The largest absolute Gasteiger partial charge is 0.335 e. The first kappa shape index (κ1) is 13.2. The van der Waals surface area contributed by atoms with Crippen LogP contribution in [0.5, 0.6) is 0 Å². The SMILES string of the molecule is CCC(C)CC(Cc1nccn1CC)NC. The highest BCUT2D eigenvalue weighted by atomic mass is 15.1. The minimum atomic E-state index is 0.544. The molecule has 2 atom stereocenters. The summed E-state index contributed by atoms with van der Waals surface area (Å²) in [6.45, 7) is 7.74. The quantitative estimate of drug-likeness (QED) is 0.769. The average molecular weight is 223 g/mol. The number of nitrogens with zero attached hydrogens (tertiary/aromatic N) is 2. The predicted octanol–water partition coefficient (Wildman–Crippen LogP) is 2.47. The molecule has 1 aromatic heterocycles. The van der Waals surface area contributed by atoms with E-state index in [1.165, 1.54) is 18.7 Å². The number of aryl methyl sites for hydroxylation is 1. The van der Waals surface area contributed by atoms with Crippen LogP contribution in [0.15, 0.2) is 12.4 Å². The highest BCUT2D eigenvalue weighted by Crippen LogP contribution is 2.13. The molecular formula is C13H25N3. The normalized spacial score (nSPS) is 15.0. The standard InChI is InChI=1S/C13H25N3/c1-5-11(3)9-12(14-4)10-13-15-7-8-16(13)6-2/h7-8,11-12,14H,5-6,9-10H2,1-4H3. The monoisotopic (exact) mass is 223 g/mol. The summed E-state index contributed by atoms with van der Waals surface area (Å²) in [5, 5.41) is 3.40. The van der Waals surface area contributed by atoms with Crippen molar-refractivity contribution in [2.45, 2.75) is 52.6 Å². The van der Waals surface area contributed by atoms with Gasteiger partial charge in [-0.1, -0.05) is 20.3 Å². The van der Waals surface area contributed by atoms with E-state index in [0.717, 1.165) is 18.9 Å². The molecule has 1 heterocycles. The van der Waals surface area contributed by atoms with E-state index < -0.39 is 0 Å². The summed E-state index contributed by atoms with van der Waals surface area (Å²) in [6, 6.07) is 0.544. The molecule has 3 heteroatoms. The molecule has 2 unspecified atom stereocenters. The number of likely N-dealkylation sites (N-methyl/N-ethyl adjacent to an activating group) is 1. The summed E-state index contributed by atoms with van der Waals surface area (Å²) in [7, 11) is 2.05. The van der Waals surface area contributed by atoms with Crippen LogP contribution < -0.4 is 5.32 Å². The Morgan fingerprint density at radius 2 is 2.19 bits per heavy atom. The minimum absolute atomic E-state index is 0.544. The van der Waals surface area contributed by atoms with Crippen LogP contribution in [-0.2, 0) is 13.0 Å². The Kier molecular flexibility index (Phi) is 5.53. The molecule has 1 aromatic rings. The molecule has 0 aliphatic heterocycles. The van der Waals surface area contributed by atoms with Gasteiger partial charge in [-0.2, -0.15) is 0 Å². The van der Waals surface area contributed by atoms with E-state index in [4.69, 9.17) is 0 Å². The van der Waals surface area contributed by atoms with E-state index >= 15 is 0 Å². The van der Waals surface area contributed by atoms with Crippen LogP contribution in [0.4, 0.5) is 0 Å². The maximum absolute atomic E-state index is 4.43. The number of hydrogen-bond donors (Lipinski definition) is 1. The van der Waals surface area contributed by atoms with Crippen LogP contribution in [0.3, 0.4) is 0 Å². The van der Waals surface area contributed by atoms with Gasteiger partial charge in [-0.25, -0.2) is 4.98 Å². The first-order valence-electron chi connectivity index (χ1n) is 6.38. The number of imidazole rings is 1. The second kappa shape index (κ2) is 6.69. The molecular weight excluding hydrogens is 198 g/mol. The van der Waals surface area contributed by atoms with Gasteiger partial charge < -0.3 is 9.88 Å². The second-order valence-corrected chi connectivity index (χ2v) is 4.57. The minimum Gasteiger partial charge on any atom is -0.335 e. The van der Waals surface area contributed by atoms with Gasteiger partial charge in [-0.3, -0.25) is 0 Å². The van der Waals surface area contributed by atoms with Crippen molar-refractivity contribution < 1.29 is 0 Å². The molecule has 0 spiro atoms. The fourth-order valence-electron chi connectivity index (χ4n) is 1.99. The maximum atomic E-state index is 4.43. The van der Waals surface area contributed by atoms with Crippen molar-refractivity contribution in [1.82, 2.24) is 14.9 Å². The van der Waals surface area contributed by atoms with Crippen molar-refractivity contribution >= 4 is 0 Å². The number of nitrogens with one attached hydrogen (secondary N) is 1. The van der Waals surface area contributed by atoms with E-state index in [2.05, 4.69) is 41.8 Å². The van der Waals surface area contributed by atoms with Gasteiger partial charge in [-0.15, -0.1) is 0 Å². The number of aromatic nitrogens is 2. The Bertz CT molecular complexity index is 293. The van der Waals surface area contributed by atoms with Crippen LogP contribution in [0.1, 0.15) is 39.4 Å². The zero-order valence-corrected chi connectivity index (χ0v) is 11.0. The molecule has 3 nitrogen and oxygen atoms in total. The predicted molar refractivity (Wildman–Crippen MR) is 68.5 cm³/mol. The molecule has 0 aliphatic carbocycles. The molecule has 16 heavy (non-hydrogen) atoms. The lowest BCUT2D eigenvalue weighted by atomic mass is 9.97. The Hall–Kier alpha value is -0.830. The van der Waals surface area contributed by atoms with Crippen LogP contribution >= 0.6 is 0 Å². The molecule has 0 aliphatic rings. The summed E-state index contributed by atoms with van der Waals surface area (Å²) in [5.41, 5.74) is 0. The molecule has 0 radical (unpaired) electrons. The molecule has 1 rings (SSSR count). The van der Waals surface area contributed by atoms with E-state index in [1.54, 1.807) is 0 Å². The van der Waals surface area contributed by atoms with Gasteiger partial charge >= 0.3 is 0 Å². The average Bonchev–Trinajstić information content (AvgIpc) is 2.75. The van der Waals surface area contributed by atoms with Crippen molar-refractivity contribution in [2.24, 2.45) is 5.92 Å². The zero-order chi connectivity index (χ0) is 12.0. The van der Waals surface area contributed by atoms with Crippen LogP contribution in [0, 0.1) is 5.92 Å². The second-order valence-electron chi connectivity index (χ2n) is 4.57. The first-order valence-corrected chi connectivity index (χ1v) is 6.38. The van der Waals surface area contributed by atoms with Crippen molar-refractivity contribution in [3.63, 3.8) is 0 Å². The van der Waals surface area contributed by atoms with E-state index in [9.17, 15) is 0 Å². The number of rotatable bonds is 7. The Morgan fingerprint density at radius 3 is 2.75 bits per heavy atom. The van der Waals surface area contributed by atoms with Crippen LogP contribution in [0.2, 0.25) is 0 Å². The third-order valence-corrected chi connectivity index (χ3v) is 3.36. The summed E-state index contributed by atoms with van der Waals surface area (Å²) in [6.07, 6.45) is 7.46. The Balaban J connectivity index is 2.56. The summed E-state index contributed by atoms with van der Waals surface area (Å²) < 4.78 is 2.22. The van der Waals surface area contributed by atoms with Gasteiger partial charge in [0, 0.05) is 31.4 Å². The zero-order valence-electron chi connectivity index (χ0n) is 11.0. The van der Waals surface area contributed by atoms with Gasteiger partial charge in [0.15, 0.2) is 0 Å². The van der Waals surface area contributed by atoms with E-state index in [-0.39, 0.29) is 0 Å². The van der Waals surface area contributed by atoms with Gasteiger partial charge in [0.05, 0.1) is 0 Å². The highest BCUT2D eigenvalue weighted by Gasteiger charge is 2.13. The fraction of sp³-hybridized carbons (Fsp3) is 0.769. The molecule has 0 saturated carbocycles. The first-order chi connectivity index (χ1) is 7.71. The molecule has 0 aromatic carbocycles. The summed E-state index contributed by atoms with van der Waals surface area (Å²) in [5.74, 6) is 1.98. The van der Waals surface area contributed by atoms with Gasteiger partial charge in [-0.05, 0) is 26.3 Å². The highest BCUT2D eigenvalue weighted by molar-refractivity contribution is 4.95. The van der Waals surface area contributed by atoms with Gasteiger partial charge in [0.1, 0.15) is 5.82 Å². The lowest BCUT2D eigenvalue weighted by Gasteiger charge is -2.19. The molecule has 0 fully saturated rings. The van der Waals surface area contributed by atoms with Crippen molar-refractivity contribution in [1.29, 1.82) is 0 Å². The lowest BCUT2D eigenvalue weighted by molar-refractivity contribution is 0.402. The molecule has 0 amide bonds. The Labute approximate surface area is 99.3 Å². The summed E-state index contributed by atoms with van der Waals surface area (Å²) >= 11 is 0. The smallest absolute Gasteiger partial charge is 0.110 e. The lowest BCUT2D eigenvalue weighted by Crippen LogP contribution is -2.30.